The number of aromatic nitrogens is 1. The summed E-state index contributed by atoms with van der Waals surface area (Å²) in [7, 11) is -3.55. The molecule has 0 saturated carbocycles. The van der Waals surface area contributed by atoms with Crippen molar-refractivity contribution in [3.05, 3.63) is 48.2 Å². The zero-order chi connectivity index (χ0) is 20.3. The van der Waals surface area contributed by atoms with E-state index < -0.39 is 10.0 Å². The molecule has 0 unspecified atom stereocenters. The van der Waals surface area contributed by atoms with Gasteiger partial charge in [0.1, 0.15) is 5.82 Å². The van der Waals surface area contributed by atoms with Crippen molar-refractivity contribution in [2.45, 2.75) is 17.7 Å². The first-order valence-corrected chi connectivity index (χ1v) is 11.2. The third-order valence-corrected chi connectivity index (χ3v) is 7.07. The van der Waals surface area contributed by atoms with Crippen molar-refractivity contribution in [3.8, 4) is 0 Å². The molecule has 2 fully saturated rings. The first kappa shape index (κ1) is 19.8. The van der Waals surface area contributed by atoms with Crippen molar-refractivity contribution in [1.29, 1.82) is 0 Å². The van der Waals surface area contributed by atoms with Gasteiger partial charge in [-0.05, 0) is 49.2 Å². The van der Waals surface area contributed by atoms with Crippen LogP contribution < -0.4 is 10.2 Å². The van der Waals surface area contributed by atoms with Gasteiger partial charge in [-0.1, -0.05) is 0 Å². The number of nitrogens with zero attached hydrogens (tertiary/aromatic N) is 3. The maximum absolute atomic E-state index is 12.8. The van der Waals surface area contributed by atoms with Crippen LogP contribution in [-0.4, -0.2) is 63.0 Å². The van der Waals surface area contributed by atoms with Crippen LogP contribution in [0, 0.1) is 0 Å². The van der Waals surface area contributed by atoms with Gasteiger partial charge in [-0.3, -0.25) is 4.79 Å². The zero-order valence-electron chi connectivity index (χ0n) is 16.1. The quantitative estimate of drug-likeness (QED) is 0.801. The fourth-order valence-corrected chi connectivity index (χ4v) is 5.01. The molecule has 8 nitrogen and oxygen atoms in total. The predicted molar refractivity (Wildman–Crippen MR) is 110 cm³/mol. The van der Waals surface area contributed by atoms with Gasteiger partial charge in [0.15, 0.2) is 0 Å². The summed E-state index contributed by atoms with van der Waals surface area (Å²) in [6.07, 6.45) is 3.88. The van der Waals surface area contributed by atoms with Gasteiger partial charge in [-0.25, -0.2) is 13.4 Å². The van der Waals surface area contributed by atoms with Crippen LogP contribution >= 0.6 is 0 Å². The Morgan fingerprint density at radius 3 is 2.38 bits per heavy atom. The van der Waals surface area contributed by atoms with Crippen LogP contribution in [0.2, 0.25) is 0 Å². The summed E-state index contributed by atoms with van der Waals surface area (Å²) in [4.78, 5) is 19.5. The Morgan fingerprint density at radius 1 is 1.00 bits per heavy atom. The Kier molecular flexibility index (Phi) is 5.79. The van der Waals surface area contributed by atoms with Gasteiger partial charge in [-0.2, -0.15) is 4.31 Å². The van der Waals surface area contributed by atoms with Crippen LogP contribution in [-0.2, 0) is 14.8 Å². The number of pyridine rings is 1. The van der Waals surface area contributed by atoms with E-state index in [0.717, 1.165) is 25.9 Å². The molecule has 0 bridgehead atoms. The summed E-state index contributed by atoms with van der Waals surface area (Å²) < 4.78 is 32.0. The van der Waals surface area contributed by atoms with Crippen molar-refractivity contribution in [3.63, 3.8) is 0 Å². The number of rotatable bonds is 5. The number of nitrogens with one attached hydrogen (secondary N) is 1. The summed E-state index contributed by atoms with van der Waals surface area (Å²) >= 11 is 0. The molecule has 3 heterocycles. The maximum Gasteiger partial charge on any atom is 0.259 e. The minimum Gasteiger partial charge on any atom is -0.379 e. The number of carbonyl (C=O) groups is 1. The average Bonchev–Trinajstić information content (AvgIpc) is 3.29. The lowest BCUT2D eigenvalue weighted by molar-refractivity contribution is 0.0730. The number of sulfonamides is 1. The highest BCUT2D eigenvalue weighted by molar-refractivity contribution is 7.89. The number of carbonyl (C=O) groups excluding carboxylic acids is 1. The smallest absolute Gasteiger partial charge is 0.259 e. The normalized spacial score (nSPS) is 18.0. The molecule has 2 aromatic rings. The lowest BCUT2D eigenvalue weighted by atomic mass is 10.2. The van der Waals surface area contributed by atoms with Crippen LogP contribution in [0.5, 0.6) is 0 Å². The second-order valence-corrected chi connectivity index (χ2v) is 9.00. The number of hydrogen-bond acceptors (Lipinski definition) is 6. The highest BCUT2D eigenvalue weighted by atomic mass is 32.2. The Balaban J connectivity index is 1.49. The fraction of sp³-hybridized carbons (Fsp3) is 0.400. The minimum atomic E-state index is -3.55. The Labute approximate surface area is 170 Å². The Morgan fingerprint density at radius 2 is 1.69 bits per heavy atom. The summed E-state index contributed by atoms with van der Waals surface area (Å²) in [5, 5.41) is 2.85. The van der Waals surface area contributed by atoms with E-state index in [1.807, 2.05) is 0 Å². The average molecular weight is 417 g/mol. The SMILES string of the molecule is O=C(Nc1ccc(S(=O)(=O)N2CCOCC2)cc1)c1cccnc1N1CCCC1. The van der Waals surface area contributed by atoms with E-state index in [1.165, 1.54) is 16.4 Å². The Bertz CT molecular complexity index is 966. The van der Waals surface area contributed by atoms with Gasteiger partial charge in [0.05, 0.1) is 23.7 Å². The van der Waals surface area contributed by atoms with Crippen molar-refractivity contribution in [2.75, 3.05) is 49.6 Å². The van der Waals surface area contributed by atoms with Crippen LogP contribution in [0.25, 0.3) is 0 Å². The van der Waals surface area contributed by atoms with E-state index in [0.29, 0.717) is 43.4 Å². The molecule has 1 amide bonds. The van der Waals surface area contributed by atoms with Crippen molar-refractivity contribution < 1.29 is 17.9 Å². The largest absolute Gasteiger partial charge is 0.379 e. The summed E-state index contributed by atoms with van der Waals surface area (Å²) in [5.41, 5.74) is 1.05. The van der Waals surface area contributed by atoms with Gasteiger partial charge < -0.3 is 15.0 Å². The number of hydrogen-bond donors (Lipinski definition) is 1. The molecule has 2 saturated heterocycles. The first-order chi connectivity index (χ1) is 14.1. The summed E-state index contributed by atoms with van der Waals surface area (Å²) in [6.45, 7) is 3.29. The van der Waals surface area contributed by atoms with Crippen molar-refractivity contribution in [2.24, 2.45) is 0 Å². The molecule has 29 heavy (non-hydrogen) atoms. The molecule has 154 valence electrons. The molecule has 9 heteroatoms. The predicted octanol–water partition coefficient (Wildman–Crippen LogP) is 1.95. The van der Waals surface area contributed by atoms with E-state index in [4.69, 9.17) is 4.74 Å². The second kappa shape index (κ2) is 8.48. The molecule has 0 spiro atoms. The Hall–Kier alpha value is -2.49. The van der Waals surface area contributed by atoms with Crippen LogP contribution in [0.4, 0.5) is 11.5 Å². The number of benzene rings is 1. The van der Waals surface area contributed by atoms with Crippen LogP contribution in [0.15, 0.2) is 47.5 Å². The van der Waals surface area contributed by atoms with Gasteiger partial charge in [0.25, 0.3) is 5.91 Å². The van der Waals surface area contributed by atoms with Gasteiger partial charge >= 0.3 is 0 Å². The fourth-order valence-electron chi connectivity index (χ4n) is 3.60. The molecule has 2 aliphatic rings. The van der Waals surface area contributed by atoms with Gasteiger partial charge in [0, 0.05) is 38.1 Å². The monoisotopic (exact) mass is 416 g/mol. The summed E-state index contributed by atoms with van der Waals surface area (Å²) in [6, 6.07) is 9.75. The zero-order valence-corrected chi connectivity index (χ0v) is 16.9. The van der Waals surface area contributed by atoms with Crippen LogP contribution in [0.3, 0.4) is 0 Å². The molecule has 0 radical (unpaired) electrons. The minimum absolute atomic E-state index is 0.205. The molecule has 1 aromatic heterocycles. The van der Waals surface area contributed by atoms with Crippen LogP contribution in [0.1, 0.15) is 23.2 Å². The number of morpholine rings is 1. The number of anilines is 2. The number of amides is 1. The third kappa shape index (κ3) is 4.26. The van der Waals surface area contributed by atoms with Gasteiger partial charge in [-0.15, -0.1) is 0 Å². The molecule has 0 atom stereocenters. The summed E-state index contributed by atoms with van der Waals surface area (Å²) in [5.74, 6) is 0.429. The van der Waals surface area contributed by atoms with E-state index in [1.54, 1.807) is 30.5 Å². The van der Waals surface area contributed by atoms with E-state index in [2.05, 4.69) is 15.2 Å². The number of ether oxygens (including phenoxy) is 1. The standard InChI is InChI=1S/C20H24N4O4S/c25-20(18-4-3-9-21-19(18)23-10-1-2-11-23)22-16-5-7-17(8-6-16)29(26,27)24-12-14-28-15-13-24/h3-9H,1-2,10-15H2,(H,22,25). The molecule has 1 aromatic carbocycles. The molecule has 2 aliphatic heterocycles. The lowest BCUT2D eigenvalue weighted by Crippen LogP contribution is -2.40. The third-order valence-electron chi connectivity index (χ3n) is 5.16. The van der Waals surface area contributed by atoms with E-state index in [9.17, 15) is 13.2 Å². The van der Waals surface area contributed by atoms with Crippen molar-refractivity contribution in [1.82, 2.24) is 9.29 Å². The highest BCUT2D eigenvalue weighted by Crippen LogP contribution is 2.24. The molecule has 0 aliphatic carbocycles. The molecule has 4 rings (SSSR count). The molecular formula is C20H24N4O4S. The van der Waals surface area contributed by atoms with E-state index >= 15 is 0 Å². The van der Waals surface area contributed by atoms with E-state index in [-0.39, 0.29) is 10.8 Å². The lowest BCUT2D eigenvalue weighted by Gasteiger charge is -2.26. The maximum atomic E-state index is 12.8. The first-order valence-electron chi connectivity index (χ1n) is 9.75. The second-order valence-electron chi connectivity index (χ2n) is 7.06. The molecular weight excluding hydrogens is 392 g/mol. The highest BCUT2D eigenvalue weighted by Gasteiger charge is 2.26. The topological polar surface area (TPSA) is 91.8 Å². The molecule has 1 N–H and O–H groups in total. The van der Waals surface area contributed by atoms with Crippen molar-refractivity contribution >= 4 is 27.4 Å². The van der Waals surface area contributed by atoms with Gasteiger partial charge in [0.2, 0.25) is 10.0 Å².